The number of rotatable bonds is 6. The van der Waals surface area contributed by atoms with Crippen molar-refractivity contribution in [2.45, 2.75) is 14.7 Å². The van der Waals surface area contributed by atoms with Gasteiger partial charge in [0.2, 0.25) is 0 Å². The average molecular weight is 604 g/mol. The van der Waals surface area contributed by atoms with E-state index in [-0.39, 0.29) is 98.3 Å². The van der Waals surface area contributed by atoms with E-state index in [1.54, 1.807) is 0 Å². The Balaban J connectivity index is -0.00000108. The van der Waals surface area contributed by atoms with E-state index in [9.17, 15) is 53.8 Å². The minimum atomic E-state index is -5.17. The van der Waals surface area contributed by atoms with Crippen LogP contribution in [0.25, 0.3) is 10.8 Å². The quantitative estimate of drug-likeness (QED) is 0.0889. The predicted octanol–water partition coefficient (Wildman–Crippen LogP) is -6.91. The van der Waals surface area contributed by atoms with Crippen LogP contribution in [0.5, 0.6) is 0 Å². The van der Waals surface area contributed by atoms with E-state index in [2.05, 4.69) is 5.32 Å². The molecular weight excluding hydrogens is 589 g/mol. The number of nitrogens with one attached hydrogen (secondary N) is 1. The number of nitrogens with zero attached hydrogens (tertiary/aromatic N) is 1. The van der Waals surface area contributed by atoms with Gasteiger partial charge < -0.3 is 9.60 Å². The molecule has 0 atom stereocenters. The number of benzene rings is 3. The zero-order valence-electron chi connectivity index (χ0n) is 22.3. The molecule has 0 bridgehead atoms. The molecule has 0 aliphatic carbocycles. The van der Waals surface area contributed by atoms with Gasteiger partial charge in [-0.25, -0.2) is 0 Å². The van der Waals surface area contributed by atoms with Crippen LogP contribution in [0.1, 0.15) is 14.6 Å². The van der Waals surface area contributed by atoms with Gasteiger partial charge in [0.15, 0.2) is 0 Å². The van der Waals surface area contributed by atoms with E-state index >= 15 is 0 Å². The Morgan fingerprint density at radius 3 is 1.86 bits per heavy atom. The average Bonchev–Trinajstić information content (AvgIpc) is 2.70. The first kappa shape index (κ1) is 36.5. The number of fused-ring (bicyclic) bond motifs is 1. The van der Waals surface area contributed by atoms with Crippen LogP contribution in [-0.4, -0.2) is 49.7 Å². The number of amides is 1. The minimum absolute atomic E-state index is 0. The maximum Gasteiger partial charge on any atom is 1.00 e. The second kappa shape index (κ2) is 13.2. The summed E-state index contributed by atoms with van der Waals surface area (Å²) in [6, 6.07) is 6.60. The number of non-ortho nitro benzene ring substituents is 1. The first-order chi connectivity index (χ1) is 15.5. The largest absolute Gasteiger partial charge is 1.00 e. The molecule has 20 heteroatoms. The number of carbonyl (C=O) groups is 1. The van der Waals surface area contributed by atoms with Gasteiger partial charge >= 0.3 is 88.7 Å². The number of nitro benzene ring substituents is 1. The topological polar surface area (TPSA) is 235 Å². The summed E-state index contributed by atoms with van der Waals surface area (Å²) < 4.78 is 98.7. The summed E-state index contributed by atoms with van der Waals surface area (Å²) in [5, 5.41) is 12.4. The second-order valence-corrected chi connectivity index (χ2v) is 10.8. The standard InChI is InChI=1S/C17H12N2O12S3.3Na.3H/c20-17(12-5-4-10(19(21)22)7-15(12)34(29,30)31)18-13-8-11(32(23,24)25)6-9-2-1-3-14(16(9)13)33(26,27)28;;;;;;/h1-8H,(H,18,20)(H,23,24,25)(H,26,27,28)(H,29,30,31);;;;;;/q;3*+1;3*-1. The summed E-state index contributed by atoms with van der Waals surface area (Å²) in [4.78, 5) is 20.1. The van der Waals surface area contributed by atoms with E-state index < -0.39 is 78.2 Å². The van der Waals surface area contributed by atoms with Crippen molar-refractivity contribution in [3.63, 3.8) is 0 Å². The number of nitro groups is 1. The normalized spacial score (nSPS) is 11.4. The van der Waals surface area contributed by atoms with Crippen LogP contribution in [0, 0.1) is 10.1 Å². The first-order valence-electron chi connectivity index (χ1n) is 8.59. The Hall–Kier alpha value is -0.480. The van der Waals surface area contributed by atoms with Gasteiger partial charge in [0.05, 0.1) is 21.1 Å². The van der Waals surface area contributed by atoms with Gasteiger partial charge in [-0.15, -0.1) is 0 Å². The van der Waals surface area contributed by atoms with Crippen molar-refractivity contribution >= 4 is 58.4 Å². The van der Waals surface area contributed by atoms with Gasteiger partial charge in [0.1, 0.15) is 9.79 Å². The Morgan fingerprint density at radius 2 is 1.38 bits per heavy atom. The van der Waals surface area contributed by atoms with Crippen LogP contribution in [-0.2, 0) is 30.4 Å². The third-order valence-corrected chi connectivity index (χ3v) is 7.06. The van der Waals surface area contributed by atoms with E-state index in [1.165, 1.54) is 6.07 Å². The summed E-state index contributed by atoms with van der Waals surface area (Å²) in [7, 11) is -15.0. The van der Waals surface area contributed by atoms with Gasteiger partial charge in [0.25, 0.3) is 41.9 Å². The molecular formula is C17H15N2Na3O12S3. The molecule has 14 nitrogen and oxygen atoms in total. The van der Waals surface area contributed by atoms with Gasteiger partial charge in [0, 0.05) is 17.5 Å². The molecule has 3 aromatic carbocycles. The Kier molecular flexibility index (Phi) is 13.1. The molecule has 0 unspecified atom stereocenters. The van der Waals surface area contributed by atoms with Crippen molar-refractivity contribution in [1.82, 2.24) is 0 Å². The van der Waals surface area contributed by atoms with Crippen LogP contribution >= 0.6 is 0 Å². The first-order valence-corrected chi connectivity index (χ1v) is 12.9. The summed E-state index contributed by atoms with van der Waals surface area (Å²) in [5.41, 5.74) is -2.19. The molecule has 3 rings (SSSR count). The van der Waals surface area contributed by atoms with Gasteiger partial charge in [-0.1, -0.05) is 12.1 Å². The fraction of sp³-hybridized carbons (Fsp3) is 0. The third-order valence-electron chi connectivity index (χ3n) is 4.43. The molecule has 0 heterocycles. The molecule has 0 aliphatic heterocycles. The molecule has 0 radical (unpaired) electrons. The monoisotopic (exact) mass is 604 g/mol. The van der Waals surface area contributed by atoms with Crippen LogP contribution in [0.15, 0.2) is 63.2 Å². The van der Waals surface area contributed by atoms with Crippen LogP contribution in [0.3, 0.4) is 0 Å². The molecule has 0 saturated carbocycles. The molecule has 0 aliphatic rings. The summed E-state index contributed by atoms with van der Waals surface area (Å²) in [6.45, 7) is 0. The zero-order valence-corrected chi connectivity index (χ0v) is 27.8. The summed E-state index contributed by atoms with van der Waals surface area (Å²) >= 11 is 0. The SMILES string of the molecule is O=C(Nc1cc(S(=O)(=O)O)cc2cccc(S(=O)(=O)O)c12)c1ccc([N+](=O)[O-])cc1S(=O)(=O)O.[H-].[H-].[H-].[Na+].[Na+].[Na+]. The number of anilines is 1. The van der Waals surface area contributed by atoms with Crippen LogP contribution < -0.4 is 94.0 Å². The van der Waals surface area contributed by atoms with Gasteiger partial charge in [-0.05, 0) is 29.7 Å². The molecule has 0 aromatic heterocycles. The number of hydrogen-bond donors (Lipinski definition) is 4. The van der Waals surface area contributed by atoms with Gasteiger partial charge in [-0.3, -0.25) is 28.6 Å². The fourth-order valence-electron chi connectivity index (χ4n) is 3.04. The fourth-order valence-corrected chi connectivity index (χ4v) is 5.03. The Labute approximate surface area is 280 Å². The molecule has 4 N–H and O–H groups in total. The molecule has 1 amide bonds. The van der Waals surface area contributed by atoms with Crippen LogP contribution in [0.4, 0.5) is 11.4 Å². The van der Waals surface area contributed by atoms with E-state index in [4.69, 9.17) is 0 Å². The third kappa shape index (κ3) is 8.50. The van der Waals surface area contributed by atoms with Crippen LogP contribution in [0.2, 0.25) is 0 Å². The molecule has 0 spiro atoms. The van der Waals surface area contributed by atoms with E-state index in [1.807, 2.05) is 0 Å². The van der Waals surface area contributed by atoms with Crippen molar-refractivity contribution in [2.75, 3.05) is 5.32 Å². The van der Waals surface area contributed by atoms with Crippen molar-refractivity contribution < 1.29 is 142 Å². The zero-order chi connectivity index (χ0) is 25.6. The molecule has 0 fully saturated rings. The maximum atomic E-state index is 12.8. The van der Waals surface area contributed by atoms with E-state index in [0.29, 0.717) is 18.2 Å². The summed E-state index contributed by atoms with van der Waals surface area (Å²) in [6.07, 6.45) is 0. The molecule has 37 heavy (non-hydrogen) atoms. The predicted molar refractivity (Wildman–Crippen MR) is 118 cm³/mol. The molecule has 3 aromatic rings. The second-order valence-electron chi connectivity index (χ2n) is 6.64. The smallest absolute Gasteiger partial charge is 1.00 e. The van der Waals surface area contributed by atoms with Crippen molar-refractivity contribution in [3.8, 4) is 0 Å². The number of hydrogen-bond acceptors (Lipinski definition) is 9. The molecule has 0 saturated heterocycles. The molecule has 186 valence electrons. The van der Waals surface area contributed by atoms with Crippen molar-refractivity contribution in [1.29, 1.82) is 0 Å². The van der Waals surface area contributed by atoms with E-state index in [0.717, 1.165) is 24.3 Å². The maximum absolute atomic E-state index is 12.8. The van der Waals surface area contributed by atoms with Gasteiger partial charge in [-0.2, -0.15) is 25.3 Å². The van der Waals surface area contributed by atoms with Crippen molar-refractivity contribution in [2.24, 2.45) is 0 Å². The Bertz CT molecular complexity index is 1730. The number of carbonyl (C=O) groups excluding carboxylic acids is 1. The summed E-state index contributed by atoms with van der Waals surface area (Å²) in [5.74, 6) is -1.36. The minimum Gasteiger partial charge on any atom is -1.00 e. The Morgan fingerprint density at radius 1 is 0.811 bits per heavy atom. The van der Waals surface area contributed by atoms with Crippen molar-refractivity contribution in [3.05, 3.63) is 64.2 Å².